The maximum absolute atomic E-state index is 13.1. The minimum absolute atomic E-state index is 0.290. The maximum Gasteiger partial charge on any atom is 0.166 e. The molecular weight excluding hydrogens is 721 g/mol. The molecule has 0 saturated heterocycles. The van der Waals surface area contributed by atoms with Crippen molar-refractivity contribution in [1.82, 2.24) is 24.4 Å². The number of carbonyl (C=O) groups excluding carboxylic acids is 1. The predicted molar refractivity (Wildman–Crippen MR) is 224 cm³/mol. The van der Waals surface area contributed by atoms with Crippen LogP contribution in [0.2, 0.25) is 10.0 Å². The largest absolute Gasteiger partial charge is 0.494 e. The average Bonchev–Trinajstić information content (AvgIpc) is 3.74. The maximum atomic E-state index is 13.1. The Morgan fingerprint density at radius 3 is 2.35 bits per heavy atom. The van der Waals surface area contributed by atoms with Crippen LogP contribution < -0.4 is 26.7 Å². The quantitative estimate of drug-likeness (QED) is 0.0270. The van der Waals surface area contributed by atoms with Crippen molar-refractivity contribution in [2.24, 2.45) is 30.8 Å². The highest BCUT2D eigenvalue weighted by atomic mass is 35.5. The van der Waals surface area contributed by atoms with Crippen molar-refractivity contribution in [3.8, 4) is 16.9 Å². The van der Waals surface area contributed by atoms with E-state index in [2.05, 4.69) is 30.9 Å². The number of nitrogens with two attached hydrogens (primary N) is 2. The van der Waals surface area contributed by atoms with Crippen LogP contribution in [0.15, 0.2) is 53.8 Å². The SMILES string of the molecule is CC.Cc1cc(OCCCc2c(C=O)n(CCN(C)c3cn(C)c4ccc(/C(N)=N/NN)cc34)c3c(-c4c(C)nn(C)c4C)c(Cl)ccc23)cc(C)c1Cl. The summed E-state index contributed by atoms with van der Waals surface area (Å²) >= 11 is 13.5. The normalized spacial score (nSPS) is 11.6. The van der Waals surface area contributed by atoms with Gasteiger partial charge in [0.05, 0.1) is 34.2 Å². The van der Waals surface area contributed by atoms with Crippen LogP contribution in [0.1, 0.15) is 64.4 Å². The number of aldehydes is 1. The molecule has 0 bridgehead atoms. The Kier molecular flexibility index (Phi) is 12.7. The molecule has 6 rings (SSSR count). The first kappa shape index (κ1) is 40.2. The number of carbonyl (C=O) groups is 1. The molecule has 0 saturated carbocycles. The van der Waals surface area contributed by atoms with E-state index in [-0.39, 0.29) is 5.84 Å². The Morgan fingerprint density at radius 1 is 1.02 bits per heavy atom. The van der Waals surface area contributed by atoms with E-state index in [1.165, 1.54) is 0 Å². The van der Waals surface area contributed by atoms with Gasteiger partial charge >= 0.3 is 0 Å². The summed E-state index contributed by atoms with van der Waals surface area (Å²) in [6.07, 6.45) is 4.41. The number of hydrogen-bond donors (Lipinski definition) is 3. The molecule has 0 unspecified atom stereocenters. The summed E-state index contributed by atoms with van der Waals surface area (Å²) in [5.41, 5.74) is 19.4. The average molecular weight is 773 g/mol. The number of halogens is 2. The third kappa shape index (κ3) is 7.66. The predicted octanol–water partition coefficient (Wildman–Crippen LogP) is 8.14. The summed E-state index contributed by atoms with van der Waals surface area (Å²) in [5, 5.41) is 12.0. The fourth-order valence-corrected chi connectivity index (χ4v) is 7.64. The number of amidine groups is 1. The number of fused-ring (bicyclic) bond motifs is 2. The topological polar surface area (TPSA) is 134 Å². The second-order valence-corrected chi connectivity index (χ2v) is 14.1. The Morgan fingerprint density at radius 2 is 1.72 bits per heavy atom. The smallest absolute Gasteiger partial charge is 0.166 e. The van der Waals surface area contributed by atoms with Crippen LogP contribution in [-0.4, -0.2) is 51.2 Å². The summed E-state index contributed by atoms with van der Waals surface area (Å²) in [7, 11) is 6.00. The number of aryl methyl sites for hydroxylation is 6. The second kappa shape index (κ2) is 17.0. The number of nitrogens with zero attached hydrogens (tertiary/aromatic N) is 6. The molecular formula is C41H51Cl2N9O2. The van der Waals surface area contributed by atoms with Gasteiger partial charge in [0.2, 0.25) is 0 Å². The van der Waals surface area contributed by atoms with Crippen molar-refractivity contribution in [2.45, 2.75) is 60.9 Å². The van der Waals surface area contributed by atoms with Gasteiger partial charge in [0.15, 0.2) is 12.1 Å². The second-order valence-electron chi connectivity index (χ2n) is 13.3. The Bertz CT molecular complexity index is 2330. The zero-order valence-electron chi connectivity index (χ0n) is 32.6. The lowest BCUT2D eigenvalue weighted by atomic mass is 9.98. The number of rotatable bonds is 13. The fourth-order valence-electron chi connectivity index (χ4n) is 7.28. The summed E-state index contributed by atoms with van der Waals surface area (Å²) in [6.45, 7) is 13.6. The monoisotopic (exact) mass is 771 g/mol. The van der Waals surface area contributed by atoms with E-state index in [0.29, 0.717) is 43.3 Å². The van der Waals surface area contributed by atoms with E-state index in [1.54, 1.807) is 0 Å². The molecule has 6 aromatic rings. The number of nitrogens with one attached hydrogen (secondary N) is 1. The van der Waals surface area contributed by atoms with Gasteiger partial charge in [0.1, 0.15) is 5.75 Å². The molecule has 5 N–H and O–H groups in total. The number of benzene rings is 3. The standard InChI is InChI=1S/C39H45Cl2N9O2.C2H6/c1-22-17-27(18-23(2)37(22)41)52-16-8-9-28-29-11-12-31(40)36(35-24(3)45-49(7)25(35)4)38(29)50(34(28)21-51)15-14-47(5)33-20-48(6)32-13-10-26(19-30(32)33)39(42)44-46-43;1-2/h10-13,17-21,46H,8-9,14-16,43H2,1-7H3,(H2,42,44);1-2H3. The van der Waals surface area contributed by atoms with Gasteiger partial charge in [-0.3, -0.25) is 9.48 Å². The summed E-state index contributed by atoms with van der Waals surface area (Å²) in [5.74, 6) is 6.46. The Balaban J connectivity index is 0.00000276. The van der Waals surface area contributed by atoms with Crippen LogP contribution in [0.5, 0.6) is 5.75 Å². The lowest BCUT2D eigenvalue weighted by Gasteiger charge is -2.21. The number of likely N-dealkylation sites (N-methyl/N-ethyl adjacent to an activating group) is 1. The number of hydrazine groups is 1. The minimum atomic E-state index is 0.290. The molecule has 0 spiro atoms. The molecule has 3 aromatic carbocycles. The number of hydrogen-bond acceptors (Lipinski definition) is 7. The molecule has 286 valence electrons. The Labute approximate surface area is 327 Å². The molecule has 11 nitrogen and oxygen atoms in total. The molecule has 3 aromatic heterocycles. The van der Waals surface area contributed by atoms with E-state index in [1.807, 2.05) is 110 Å². The van der Waals surface area contributed by atoms with Gasteiger partial charge in [-0.15, -0.1) is 5.10 Å². The third-order valence-electron chi connectivity index (χ3n) is 9.96. The van der Waals surface area contributed by atoms with E-state index >= 15 is 0 Å². The summed E-state index contributed by atoms with van der Waals surface area (Å²) < 4.78 is 12.2. The first-order valence-corrected chi connectivity index (χ1v) is 18.9. The van der Waals surface area contributed by atoms with E-state index < -0.39 is 0 Å². The van der Waals surface area contributed by atoms with Crippen molar-refractivity contribution in [3.63, 3.8) is 0 Å². The van der Waals surface area contributed by atoms with Crippen molar-refractivity contribution >= 4 is 62.8 Å². The number of aromatic nitrogens is 4. The van der Waals surface area contributed by atoms with Gasteiger partial charge in [-0.1, -0.05) is 43.1 Å². The van der Waals surface area contributed by atoms with Gasteiger partial charge in [0, 0.05) is 84.1 Å². The highest BCUT2D eigenvalue weighted by Gasteiger charge is 2.25. The lowest BCUT2D eigenvalue weighted by Crippen LogP contribution is -2.24. The molecule has 0 radical (unpaired) electrons. The zero-order chi connectivity index (χ0) is 39.4. The molecule has 0 aliphatic heterocycles. The minimum Gasteiger partial charge on any atom is -0.494 e. The number of anilines is 1. The van der Waals surface area contributed by atoms with Gasteiger partial charge in [-0.25, -0.2) is 11.4 Å². The molecule has 0 aliphatic rings. The molecule has 0 fully saturated rings. The van der Waals surface area contributed by atoms with Gasteiger partial charge in [-0.2, -0.15) is 5.10 Å². The van der Waals surface area contributed by atoms with Crippen molar-refractivity contribution in [2.75, 3.05) is 25.1 Å². The fraction of sp³-hybridized carbons (Fsp3) is 0.341. The third-order valence-corrected chi connectivity index (χ3v) is 10.9. The van der Waals surface area contributed by atoms with Crippen LogP contribution in [0, 0.1) is 27.7 Å². The van der Waals surface area contributed by atoms with Gasteiger partial charge < -0.3 is 24.5 Å². The van der Waals surface area contributed by atoms with Crippen molar-refractivity contribution in [1.29, 1.82) is 0 Å². The molecule has 0 atom stereocenters. The summed E-state index contributed by atoms with van der Waals surface area (Å²) in [4.78, 5) is 15.3. The number of hydrazone groups is 1. The van der Waals surface area contributed by atoms with E-state index in [9.17, 15) is 4.79 Å². The molecule has 3 heterocycles. The molecule has 13 heteroatoms. The highest BCUT2D eigenvalue weighted by Crippen LogP contribution is 2.42. The van der Waals surface area contributed by atoms with Gasteiger partial charge in [0.25, 0.3) is 0 Å². The highest BCUT2D eigenvalue weighted by molar-refractivity contribution is 6.35. The molecule has 54 heavy (non-hydrogen) atoms. The molecule has 0 amide bonds. The van der Waals surface area contributed by atoms with E-state index in [0.717, 1.165) is 89.3 Å². The first-order chi connectivity index (χ1) is 25.9. The number of ether oxygens (including phenoxy) is 1. The van der Waals surface area contributed by atoms with Crippen LogP contribution in [0.25, 0.3) is 32.9 Å². The Hall–Kier alpha value is -4.97. The summed E-state index contributed by atoms with van der Waals surface area (Å²) in [6, 6.07) is 13.8. The van der Waals surface area contributed by atoms with Gasteiger partial charge in [-0.05, 0) is 93.6 Å². The van der Waals surface area contributed by atoms with Crippen molar-refractivity contribution < 1.29 is 9.53 Å². The van der Waals surface area contributed by atoms with E-state index in [4.69, 9.17) is 44.6 Å². The molecule has 0 aliphatic carbocycles. The lowest BCUT2D eigenvalue weighted by molar-refractivity contribution is 0.111. The first-order valence-electron chi connectivity index (χ1n) is 18.1. The zero-order valence-corrected chi connectivity index (χ0v) is 34.2. The van der Waals surface area contributed by atoms with Crippen molar-refractivity contribution in [3.05, 3.63) is 98.0 Å². The van der Waals surface area contributed by atoms with Crippen LogP contribution >= 0.6 is 23.2 Å². The van der Waals surface area contributed by atoms with Crippen LogP contribution in [0.4, 0.5) is 5.69 Å². The van der Waals surface area contributed by atoms with Crippen LogP contribution in [-0.2, 0) is 27.1 Å². The van der Waals surface area contributed by atoms with Crippen LogP contribution in [0.3, 0.4) is 0 Å².